The third-order valence-corrected chi connectivity index (χ3v) is 1.62. The smallest absolute Gasteiger partial charge is 0.120 e. The molecule has 0 bridgehead atoms. The average molecular weight is 165 g/mol. The van der Waals surface area contributed by atoms with Crippen LogP contribution in [-0.2, 0) is 0 Å². The number of aromatic hydroxyl groups is 2. The van der Waals surface area contributed by atoms with Crippen molar-refractivity contribution in [1.82, 2.24) is 0 Å². The van der Waals surface area contributed by atoms with E-state index in [-0.39, 0.29) is 11.5 Å². The third kappa shape index (κ3) is 1.57. The minimum atomic E-state index is -0.447. The van der Waals surface area contributed by atoms with Gasteiger partial charge in [0.05, 0.1) is 6.04 Å². The van der Waals surface area contributed by atoms with E-state index in [0.29, 0.717) is 5.56 Å². The van der Waals surface area contributed by atoms with Gasteiger partial charge in [0.15, 0.2) is 0 Å². The number of hydrogen-bond acceptors (Lipinski definition) is 3. The van der Waals surface area contributed by atoms with Gasteiger partial charge in [0.1, 0.15) is 11.5 Å². The molecule has 1 aromatic carbocycles. The van der Waals surface area contributed by atoms with E-state index in [2.05, 4.69) is 6.58 Å². The van der Waals surface area contributed by atoms with Gasteiger partial charge in [-0.3, -0.25) is 0 Å². The number of rotatable bonds is 2. The van der Waals surface area contributed by atoms with E-state index in [9.17, 15) is 5.11 Å². The zero-order valence-electron chi connectivity index (χ0n) is 6.57. The fourth-order valence-corrected chi connectivity index (χ4v) is 0.936. The molecule has 0 heterocycles. The lowest BCUT2D eigenvalue weighted by atomic mass is 10.1. The van der Waals surface area contributed by atoms with Crippen molar-refractivity contribution >= 4 is 0 Å². The molecule has 0 saturated heterocycles. The molecule has 64 valence electrons. The molecule has 0 saturated carbocycles. The van der Waals surface area contributed by atoms with E-state index in [4.69, 9.17) is 10.8 Å². The molecule has 0 fully saturated rings. The second kappa shape index (κ2) is 3.28. The molecule has 0 aliphatic heterocycles. The first-order valence-electron chi connectivity index (χ1n) is 3.55. The van der Waals surface area contributed by atoms with Gasteiger partial charge < -0.3 is 15.9 Å². The van der Waals surface area contributed by atoms with Crippen LogP contribution >= 0.6 is 0 Å². The lowest BCUT2D eigenvalue weighted by Gasteiger charge is -2.08. The van der Waals surface area contributed by atoms with Crippen LogP contribution in [0.15, 0.2) is 30.9 Å². The minimum Gasteiger partial charge on any atom is -0.508 e. The Labute approximate surface area is 70.8 Å². The highest BCUT2D eigenvalue weighted by atomic mass is 16.3. The summed E-state index contributed by atoms with van der Waals surface area (Å²) in [5.41, 5.74) is 6.05. The summed E-state index contributed by atoms with van der Waals surface area (Å²) in [6.07, 6.45) is 1.49. The van der Waals surface area contributed by atoms with Crippen LogP contribution in [0.4, 0.5) is 0 Å². The van der Waals surface area contributed by atoms with Crippen molar-refractivity contribution < 1.29 is 10.2 Å². The lowest BCUT2D eigenvalue weighted by molar-refractivity contribution is 0.452. The van der Waals surface area contributed by atoms with E-state index in [1.54, 1.807) is 0 Å². The van der Waals surface area contributed by atoms with Gasteiger partial charge in [-0.05, 0) is 18.2 Å². The molecule has 0 unspecified atom stereocenters. The van der Waals surface area contributed by atoms with Crippen LogP contribution in [0.5, 0.6) is 11.5 Å². The molecular weight excluding hydrogens is 154 g/mol. The molecule has 1 aromatic rings. The summed E-state index contributed by atoms with van der Waals surface area (Å²) >= 11 is 0. The van der Waals surface area contributed by atoms with Crippen LogP contribution in [0.3, 0.4) is 0 Å². The monoisotopic (exact) mass is 165 g/mol. The van der Waals surface area contributed by atoms with E-state index in [1.807, 2.05) is 0 Å². The second-order valence-corrected chi connectivity index (χ2v) is 2.50. The van der Waals surface area contributed by atoms with E-state index in [0.717, 1.165) is 0 Å². The topological polar surface area (TPSA) is 66.5 Å². The summed E-state index contributed by atoms with van der Waals surface area (Å²) in [5, 5.41) is 18.4. The summed E-state index contributed by atoms with van der Waals surface area (Å²) in [6, 6.07) is 3.77. The number of hydrogen-bond donors (Lipinski definition) is 3. The van der Waals surface area contributed by atoms with Crippen LogP contribution < -0.4 is 5.73 Å². The SMILES string of the molecule is C=C[C@H](N)c1cc(O)ccc1O. The molecule has 3 heteroatoms. The maximum absolute atomic E-state index is 9.30. The van der Waals surface area contributed by atoms with Gasteiger partial charge in [0, 0.05) is 5.56 Å². The normalized spacial score (nSPS) is 12.4. The maximum Gasteiger partial charge on any atom is 0.120 e. The first-order chi connectivity index (χ1) is 5.65. The molecule has 1 rings (SSSR count). The third-order valence-electron chi connectivity index (χ3n) is 1.62. The molecule has 4 N–H and O–H groups in total. The van der Waals surface area contributed by atoms with Crippen LogP contribution in [0, 0.1) is 0 Å². The second-order valence-electron chi connectivity index (χ2n) is 2.50. The summed E-state index contributed by atoms with van der Waals surface area (Å²) < 4.78 is 0. The average Bonchev–Trinajstić information content (AvgIpc) is 2.08. The first kappa shape index (κ1) is 8.62. The van der Waals surface area contributed by atoms with Gasteiger partial charge in [-0.25, -0.2) is 0 Å². The Morgan fingerprint density at radius 3 is 2.67 bits per heavy atom. The van der Waals surface area contributed by atoms with E-state index >= 15 is 0 Å². The molecule has 12 heavy (non-hydrogen) atoms. The standard InChI is InChI=1S/C9H11NO2/c1-2-8(10)7-5-6(11)3-4-9(7)12/h2-5,8,11-12H,1,10H2/t8-/m0/s1. The Morgan fingerprint density at radius 2 is 2.08 bits per heavy atom. The van der Waals surface area contributed by atoms with Crippen molar-refractivity contribution in [2.75, 3.05) is 0 Å². The van der Waals surface area contributed by atoms with Gasteiger partial charge in [-0.2, -0.15) is 0 Å². The molecule has 0 amide bonds. The Bertz CT molecular complexity index is 297. The fraction of sp³-hybridized carbons (Fsp3) is 0.111. The largest absolute Gasteiger partial charge is 0.508 e. The van der Waals surface area contributed by atoms with Gasteiger partial charge >= 0.3 is 0 Å². The van der Waals surface area contributed by atoms with Crippen LogP contribution in [0.2, 0.25) is 0 Å². The Kier molecular flexibility index (Phi) is 2.35. The van der Waals surface area contributed by atoms with E-state index < -0.39 is 6.04 Å². The molecule has 3 nitrogen and oxygen atoms in total. The quantitative estimate of drug-likeness (QED) is 0.457. The van der Waals surface area contributed by atoms with E-state index in [1.165, 1.54) is 24.3 Å². The number of nitrogens with two attached hydrogens (primary N) is 1. The van der Waals surface area contributed by atoms with Gasteiger partial charge in [-0.15, -0.1) is 6.58 Å². The van der Waals surface area contributed by atoms with Crippen molar-refractivity contribution in [2.45, 2.75) is 6.04 Å². The van der Waals surface area contributed by atoms with Gasteiger partial charge in [0.25, 0.3) is 0 Å². The van der Waals surface area contributed by atoms with Gasteiger partial charge in [-0.1, -0.05) is 6.08 Å². The highest BCUT2D eigenvalue weighted by molar-refractivity contribution is 5.41. The molecule has 0 spiro atoms. The van der Waals surface area contributed by atoms with Crippen molar-refractivity contribution in [1.29, 1.82) is 0 Å². The zero-order chi connectivity index (χ0) is 9.14. The van der Waals surface area contributed by atoms with Crippen molar-refractivity contribution in [3.63, 3.8) is 0 Å². The summed E-state index contributed by atoms with van der Waals surface area (Å²) in [7, 11) is 0. The number of phenols is 2. The zero-order valence-corrected chi connectivity index (χ0v) is 6.57. The summed E-state index contributed by atoms with van der Waals surface area (Å²) in [5.74, 6) is 0.153. The molecule has 0 aliphatic rings. The number of phenolic OH excluding ortho intramolecular Hbond substituents is 2. The molecule has 0 radical (unpaired) electrons. The Balaban J connectivity index is 3.12. The predicted octanol–water partition coefficient (Wildman–Crippen LogP) is 1.28. The van der Waals surface area contributed by atoms with Crippen molar-refractivity contribution in [3.05, 3.63) is 36.4 Å². The van der Waals surface area contributed by atoms with Crippen molar-refractivity contribution in [2.24, 2.45) is 5.73 Å². The lowest BCUT2D eigenvalue weighted by Crippen LogP contribution is -2.06. The number of benzene rings is 1. The molecule has 0 aromatic heterocycles. The van der Waals surface area contributed by atoms with Crippen LogP contribution in [0.1, 0.15) is 11.6 Å². The Morgan fingerprint density at radius 1 is 1.42 bits per heavy atom. The highest BCUT2D eigenvalue weighted by Gasteiger charge is 2.07. The van der Waals surface area contributed by atoms with Crippen LogP contribution in [0.25, 0.3) is 0 Å². The highest BCUT2D eigenvalue weighted by Crippen LogP contribution is 2.26. The van der Waals surface area contributed by atoms with Gasteiger partial charge in [0.2, 0.25) is 0 Å². The summed E-state index contributed by atoms with van der Waals surface area (Å²) in [6.45, 7) is 3.49. The molecular formula is C9H11NO2. The predicted molar refractivity (Wildman–Crippen MR) is 46.9 cm³/mol. The fourth-order valence-electron chi connectivity index (χ4n) is 0.936. The first-order valence-corrected chi connectivity index (χ1v) is 3.55. The molecule has 0 aliphatic carbocycles. The maximum atomic E-state index is 9.30. The van der Waals surface area contributed by atoms with Crippen molar-refractivity contribution in [3.8, 4) is 11.5 Å². The van der Waals surface area contributed by atoms with Crippen LogP contribution in [-0.4, -0.2) is 10.2 Å². The summed E-state index contributed by atoms with van der Waals surface area (Å²) in [4.78, 5) is 0. The minimum absolute atomic E-state index is 0.0696. The Hall–Kier alpha value is -1.48. The molecule has 1 atom stereocenters.